The summed E-state index contributed by atoms with van der Waals surface area (Å²) in [5, 5.41) is 5.82. The second-order valence-electron chi connectivity index (χ2n) is 6.40. The number of hydrogen-bond donors (Lipinski definition) is 2. The fraction of sp³-hybridized carbons (Fsp3) is 0.364. The topological polar surface area (TPSA) is 58.2 Å². The molecule has 0 unspecified atom stereocenters. The summed E-state index contributed by atoms with van der Waals surface area (Å²) in [7, 11) is 0. The highest BCUT2D eigenvalue weighted by atomic mass is 32.2. The number of carbonyl (C=O) groups excluding carboxylic acids is 2. The quantitative estimate of drug-likeness (QED) is 0.583. The van der Waals surface area contributed by atoms with Crippen LogP contribution in [0.2, 0.25) is 0 Å². The van der Waals surface area contributed by atoms with E-state index < -0.39 is 6.04 Å². The highest BCUT2D eigenvalue weighted by Gasteiger charge is 2.19. The van der Waals surface area contributed by atoms with Crippen molar-refractivity contribution in [2.24, 2.45) is 0 Å². The standard InChI is InChI=1S/C22H28N2O2S/c1-2-9-20(24-21(25)16-18-10-5-3-6-11-18)22(26)23-14-15-27-17-19-12-7-4-8-13-19/h3-8,10-13,20H,2,9,14-17H2,1H3,(H,23,26)(H,24,25)/t20-/m1/s1. The lowest BCUT2D eigenvalue weighted by Gasteiger charge is -2.18. The van der Waals surface area contributed by atoms with Gasteiger partial charge >= 0.3 is 0 Å². The number of rotatable bonds is 11. The van der Waals surface area contributed by atoms with Crippen LogP contribution in [0.4, 0.5) is 0 Å². The summed E-state index contributed by atoms with van der Waals surface area (Å²) in [5.74, 6) is 1.56. The molecule has 0 aromatic heterocycles. The van der Waals surface area contributed by atoms with E-state index in [9.17, 15) is 9.59 Å². The number of nitrogens with one attached hydrogen (secondary N) is 2. The zero-order valence-corrected chi connectivity index (χ0v) is 16.6. The third-order valence-corrected chi connectivity index (χ3v) is 5.12. The first-order valence-corrected chi connectivity index (χ1v) is 10.6. The summed E-state index contributed by atoms with van der Waals surface area (Å²) in [5.41, 5.74) is 2.23. The van der Waals surface area contributed by atoms with Gasteiger partial charge in [0.2, 0.25) is 11.8 Å². The zero-order chi connectivity index (χ0) is 19.3. The van der Waals surface area contributed by atoms with Crippen molar-refractivity contribution < 1.29 is 9.59 Å². The van der Waals surface area contributed by atoms with Crippen molar-refractivity contribution >= 4 is 23.6 Å². The van der Waals surface area contributed by atoms with E-state index >= 15 is 0 Å². The fourth-order valence-electron chi connectivity index (χ4n) is 2.72. The van der Waals surface area contributed by atoms with Gasteiger partial charge in [-0.15, -0.1) is 0 Å². The number of amides is 2. The Morgan fingerprint density at radius 3 is 2.22 bits per heavy atom. The molecule has 27 heavy (non-hydrogen) atoms. The molecule has 0 aliphatic rings. The molecule has 2 amide bonds. The van der Waals surface area contributed by atoms with Crippen LogP contribution in [-0.4, -0.2) is 30.2 Å². The molecule has 0 saturated carbocycles. The molecule has 0 saturated heterocycles. The number of hydrogen-bond acceptors (Lipinski definition) is 3. The van der Waals surface area contributed by atoms with Gasteiger partial charge in [0, 0.05) is 18.1 Å². The molecule has 2 aromatic rings. The van der Waals surface area contributed by atoms with E-state index in [0.29, 0.717) is 19.4 Å². The van der Waals surface area contributed by atoms with Gasteiger partial charge in [-0.1, -0.05) is 74.0 Å². The first-order valence-electron chi connectivity index (χ1n) is 9.41. The molecule has 2 rings (SSSR count). The first-order chi connectivity index (χ1) is 13.2. The van der Waals surface area contributed by atoms with Gasteiger partial charge in [-0.05, 0) is 17.5 Å². The van der Waals surface area contributed by atoms with Gasteiger partial charge in [-0.2, -0.15) is 11.8 Å². The molecule has 5 heteroatoms. The molecule has 0 heterocycles. The molecule has 0 aliphatic heterocycles. The van der Waals surface area contributed by atoms with Crippen LogP contribution in [0, 0.1) is 0 Å². The van der Waals surface area contributed by atoms with Crippen molar-refractivity contribution in [2.75, 3.05) is 12.3 Å². The van der Waals surface area contributed by atoms with Gasteiger partial charge in [0.1, 0.15) is 6.04 Å². The van der Waals surface area contributed by atoms with Gasteiger partial charge in [-0.3, -0.25) is 9.59 Å². The molecule has 2 aromatic carbocycles. The van der Waals surface area contributed by atoms with Crippen LogP contribution in [0.5, 0.6) is 0 Å². The molecule has 4 nitrogen and oxygen atoms in total. The van der Waals surface area contributed by atoms with Crippen LogP contribution in [0.1, 0.15) is 30.9 Å². The zero-order valence-electron chi connectivity index (χ0n) is 15.8. The third-order valence-electron chi connectivity index (χ3n) is 4.09. The number of thioether (sulfide) groups is 1. The molecule has 1 atom stereocenters. The lowest BCUT2D eigenvalue weighted by Crippen LogP contribution is -2.47. The summed E-state index contributed by atoms with van der Waals surface area (Å²) in [6.07, 6.45) is 1.78. The molecule has 2 N–H and O–H groups in total. The minimum atomic E-state index is -0.467. The van der Waals surface area contributed by atoms with E-state index in [2.05, 4.69) is 22.8 Å². The van der Waals surface area contributed by atoms with Gasteiger partial charge in [-0.25, -0.2) is 0 Å². The SMILES string of the molecule is CCC[C@@H](NC(=O)Cc1ccccc1)C(=O)NCCSCc1ccccc1. The van der Waals surface area contributed by atoms with Gasteiger partial charge in [0.25, 0.3) is 0 Å². The second kappa shape index (κ2) is 12.2. The fourth-order valence-corrected chi connectivity index (χ4v) is 3.54. The monoisotopic (exact) mass is 384 g/mol. The van der Waals surface area contributed by atoms with E-state index in [4.69, 9.17) is 0 Å². The Morgan fingerprint density at radius 1 is 0.963 bits per heavy atom. The van der Waals surface area contributed by atoms with Gasteiger partial charge in [0.05, 0.1) is 6.42 Å². The van der Waals surface area contributed by atoms with Crippen molar-refractivity contribution in [3.05, 3.63) is 71.8 Å². The Bertz CT molecular complexity index is 692. The maximum absolute atomic E-state index is 12.4. The molecule has 0 bridgehead atoms. The van der Waals surface area contributed by atoms with Crippen molar-refractivity contribution in [1.82, 2.24) is 10.6 Å². The Balaban J connectivity index is 1.70. The molecule has 0 radical (unpaired) electrons. The predicted octanol–water partition coefficient (Wildman–Crippen LogP) is 3.56. The molecule has 144 valence electrons. The normalized spacial score (nSPS) is 11.6. The lowest BCUT2D eigenvalue weighted by atomic mass is 10.1. The second-order valence-corrected chi connectivity index (χ2v) is 7.51. The Labute approximate surface area is 166 Å². The van der Waals surface area contributed by atoms with Crippen LogP contribution >= 0.6 is 11.8 Å². The van der Waals surface area contributed by atoms with Crippen LogP contribution in [-0.2, 0) is 21.8 Å². The summed E-state index contributed by atoms with van der Waals surface area (Å²) in [6, 6.07) is 19.4. The summed E-state index contributed by atoms with van der Waals surface area (Å²) >= 11 is 1.79. The minimum absolute atomic E-state index is 0.0985. The van der Waals surface area contributed by atoms with E-state index in [1.54, 1.807) is 11.8 Å². The first kappa shape index (κ1) is 21.0. The Hall–Kier alpha value is -2.27. The molecule has 0 spiro atoms. The van der Waals surface area contributed by atoms with Crippen molar-refractivity contribution in [1.29, 1.82) is 0 Å². The highest BCUT2D eigenvalue weighted by Crippen LogP contribution is 2.10. The van der Waals surface area contributed by atoms with Gasteiger partial charge < -0.3 is 10.6 Å². The maximum Gasteiger partial charge on any atom is 0.242 e. The van der Waals surface area contributed by atoms with Crippen LogP contribution in [0.25, 0.3) is 0 Å². The molecular formula is C22H28N2O2S. The Kier molecular flexibility index (Phi) is 9.49. The summed E-state index contributed by atoms with van der Waals surface area (Å²) in [6.45, 7) is 2.62. The van der Waals surface area contributed by atoms with Crippen LogP contribution < -0.4 is 10.6 Å². The number of benzene rings is 2. The average molecular weight is 385 g/mol. The maximum atomic E-state index is 12.4. The van der Waals surface area contributed by atoms with Crippen LogP contribution in [0.15, 0.2) is 60.7 Å². The predicted molar refractivity (Wildman–Crippen MR) is 113 cm³/mol. The van der Waals surface area contributed by atoms with E-state index in [1.165, 1.54) is 5.56 Å². The van der Waals surface area contributed by atoms with E-state index in [1.807, 2.05) is 55.5 Å². The van der Waals surface area contributed by atoms with E-state index in [0.717, 1.165) is 23.5 Å². The summed E-state index contributed by atoms with van der Waals surface area (Å²) < 4.78 is 0. The third kappa shape index (κ3) is 8.31. The highest BCUT2D eigenvalue weighted by molar-refractivity contribution is 7.98. The average Bonchev–Trinajstić information content (AvgIpc) is 2.69. The van der Waals surface area contributed by atoms with Crippen molar-refractivity contribution in [3.63, 3.8) is 0 Å². The van der Waals surface area contributed by atoms with Crippen LogP contribution in [0.3, 0.4) is 0 Å². The largest absolute Gasteiger partial charge is 0.353 e. The van der Waals surface area contributed by atoms with Crippen molar-refractivity contribution in [2.45, 2.75) is 38.0 Å². The minimum Gasteiger partial charge on any atom is -0.353 e. The smallest absolute Gasteiger partial charge is 0.242 e. The molecular weight excluding hydrogens is 356 g/mol. The Morgan fingerprint density at radius 2 is 1.59 bits per heavy atom. The van der Waals surface area contributed by atoms with Crippen molar-refractivity contribution in [3.8, 4) is 0 Å². The molecule has 0 aliphatic carbocycles. The van der Waals surface area contributed by atoms with Gasteiger partial charge in [0.15, 0.2) is 0 Å². The summed E-state index contributed by atoms with van der Waals surface area (Å²) in [4.78, 5) is 24.7. The number of carbonyl (C=O) groups is 2. The molecule has 0 fully saturated rings. The van der Waals surface area contributed by atoms with E-state index in [-0.39, 0.29) is 11.8 Å². The lowest BCUT2D eigenvalue weighted by molar-refractivity contribution is -0.128.